The highest BCUT2D eigenvalue weighted by atomic mass is 35.5. The number of aryl methyl sites for hydroxylation is 2. The van der Waals surface area contributed by atoms with E-state index in [4.69, 9.17) is 11.6 Å². The molecule has 96 valence electrons. The first-order valence-corrected chi connectivity index (χ1v) is 7.19. The van der Waals surface area contributed by atoms with Gasteiger partial charge in [-0.25, -0.2) is 9.97 Å². The molecule has 3 nitrogen and oxygen atoms in total. The van der Waals surface area contributed by atoms with Gasteiger partial charge in [0.05, 0.1) is 4.34 Å². The molecule has 0 aliphatic heterocycles. The molecule has 0 atom stereocenters. The fourth-order valence-corrected chi connectivity index (χ4v) is 2.79. The second kappa shape index (κ2) is 6.16. The molecule has 2 heterocycles. The predicted octanol–water partition coefficient (Wildman–Crippen LogP) is 3.72. The zero-order valence-corrected chi connectivity index (χ0v) is 12.1. The number of aromatic nitrogens is 2. The Hall–Kier alpha value is -1.13. The van der Waals surface area contributed by atoms with Crippen LogP contribution in [-0.4, -0.2) is 16.5 Å². The predicted molar refractivity (Wildman–Crippen MR) is 77.7 cm³/mol. The Balaban J connectivity index is 1.91. The molecule has 1 N–H and O–H groups in total. The molecular formula is C13H16ClN3S. The summed E-state index contributed by atoms with van der Waals surface area (Å²) < 4.78 is 0.844. The Morgan fingerprint density at radius 3 is 2.83 bits per heavy atom. The summed E-state index contributed by atoms with van der Waals surface area (Å²) in [6.45, 7) is 4.87. The van der Waals surface area contributed by atoms with Crippen molar-refractivity contribution in [2.45, 2.75) is 26.7 Å². The van der Waals surface area contributed by atoms with E-state index in [1.807, 2.05) is 19.1 Å². The van der Waals surface area contributed by atoms with Crippen LogP contribution >= 0.6 is 22.9 Å². The molecule has 0 unspecified atom stereocenters. The van der Waals surface area contributed by atoms with Crippen LogP contribution in [0.1, 0.15) is 23.3 Å². The van der Waals surface area contributed by atoms with Crippen molar-refractivity contribution in [3.05, 3.63) is 38.9 Å². The van der Waals surface area contributed by atoms with Crippen molar-refractivity contribution in [2.75, 3.05) is 11.9 Å². The van der Waals surface area contributed by atoms with Crippen LogP contribution in [0.15, 0.2) is 18.2 Å². The number of rotatable bonds is 5. The fourth-order valence-electron chi connectivity index (χ4n) is 1.70. The summed E-state index contributed by atoms with van der Waals surface area (Å²) in [5, 5.41) is 3.33. The zero-order valence-electron chi connectivity index (χ0n) is 10.5. The molecule has 2 aromatic rings. The first-order valence-electron chi connectivity index (χ1n) is 6.00. The van der Waals surface area contributed by atoms with Crippen LogP contribution in [0, 0.1) is 6.92 Å². The van der Waals surface area contributed by atoms with Crippen LogP contribution < -0.4 is 5.32 Å². The van der Waals surface area contributed by atoms with E-state index in [9.17, 15) is 0 Å². The smallest absolute Gasteiger partial charge is 0.129 e. The van der Waals surface area contributed by atoms with Crippen LogP contribution in [0.2, 0.25) is 4.34 Å². The lowest BCUT2D eigenvalue weighted by Gasteiger charge is -2.07. The van der Waals surface area contributed by atoms with Crippen LogP contribution in [0.3, 0.4) is 0 Å². The van der Waals surface area contributed by atoms with Gasteiger partial charge in [-0.3, -0.25) is 0 Å². The van der Waals surface area contributed by atoms with Gasteiger partial charge < -0.3 is 5.32 Å². The average Bonchev–Trinajstić information content (AvgIpc) is 2.74. The van der Waals surface area contributed by atoms with Gasteiger partial charge in [0.2, 0.25) is 0 Å². The zero-order chi connectivity index (χ0) is 13.0. The average molecular weight is 282 g/mol. The Labute approximate surface area is 116 Å². The number of hydrogen-bond acceptors (Lipinski definition) is 4. The molecule has 0 aromatic carbocycles. The van der Waals surface area contributed by atoms with Gasteiger partial charge >= 0.3 is 0 Å². The minimum Gasteiger partial charge on any atom is -0.370 e. The van der Waals surface area contributed by atoms with E-state index in [0.717, 1.165) is 41.1 Å². The Morgan fingerprint density at radius 2 is 2.17 bits per heavy atom. The number of nitrogens with one attached hydrogen (secondary N) is 1. The number of nitrogens with zero attached hydrogens (tertiary/aromatic N) is 2. The molecule has 0 aliphatic rings. The Kier molecular flexibility index (Phi) is 4.55. The van der Waals surface area contributed by atoms with Gasteiger partial charge in [0.15, 0.2) is 0 Å². The van der Waals surface area contributed by atoms with Gasteiger partial charge in [-0.05, 0) is 31.9 Å². The minimum atomic E-state index is 0.816. The summed E-state index contributed by atoms with van der Waals surface area (Å²) in [7, 11) is 0. The lowest BCUT2D eigenvalue weighted by atomic mass is 10.3. The standard InChI is InChI=1S/C13H16ClN3S/c1-3-10-8-13(17-9(2)16-10)15-7-6-11-4-5-12(14)18-11/h4-5,8H,3,6-7H2,1-2H3,(H,15,16,17). The first kappa shape index (κ1) is 13.3. The van der Waals surface area contributed by atoms with Gasteiger partial charge in [0.1, 0.15) is 11.6 Å². The molecule has 5 heteroatoms. The van der Waals surface area contributed by atoms with Crippen molar-refractivity contribution in [3.63, 3.8) is 0 Å². The monoisotopic (exact) mass is 281 g/mol. The van der Waals surface area contributed by atoms with Gasteiger partial charge in [-0.2, -0.15) is 0 Å². The van der Waals surface area contributed by atoms with E-state index in [-0.39, 0.29) is 0 Å². The molecule has 2 aromatic heterocycles. The summed E-state index contributed by atoms with van der Waals surface area (Å²) in [6.07, 6.45) is 1.89. The van der Waals surface area contributed by atoms with Crippen LogP contribution in [-0.2, 0) is 12.8 Å². The highest BCUT2D eigenvalue weighted by Gasteiger charge is 2.01. The number of anilines is 1. The summed E-state index contributed by atoms with van der Waals surface area (Å²) in [5.74, 6) is 1.72. The second-order valence-electron chi connectivity index (χ2n) is 4.03. The van der Waals surface area contributed by atoms with Crippen LogP contribution in [0.5, 0.6) is 0 Å². The van der Waals surface area contributed by atoms with Crippen LogP contribution in [0.25, 0.3) is 0 Å². The normalized spacial score (nSPS) is 10.6. The maximum Gasteiger partial charge on any atom is 0.129 e. The molecule has 2 rings (SSSR count). The number of halogens is 1. The third kappa shape index (κ3) is 3.68. The van der Waals surface area contributed by atoms with Gasteiger partial charge in [-0.15, -0.1) is 11.3 Å². The second-order valence-corrected chi connectivity index (χ2v) is 5.83. The lowest BCUT2D eigenvalue weighted by Crippen LogP contribution is -2.07. The number of hydrogen-bond donors (Lipinski definition) is 1. The fraction of sp³-hybridized carbons (Fsp3) is 0.385. The quantitative estimate of drug-likeness (QED) is 0.908. The van der Waals surface area contributed by atoms with E-state index in [1.165, 1.54) is 4.88 Å². The van der Waals surface area contributed by atoms with Gasteiger partial charge in [0.25, 0.3) is 0 Å². The summed E-state index contributed by atoms with van der Waals surface area (Å²) >= 11 is 7.52. The third-order valence-electron chi connectivity index (χ3n) is 2.56. The van der Waals surface area contributed by atoms with E-state index < -0.39 is 0 Å². The largest absolute Gasteiger partial charge is 0.370 e. The topological polar surface area (TPSA) is 37.8 Å². The van der Waals surface area contributed by atoms with Crippen molar-refractivity contribution in [1.82, 2.24) is 9.97 Å². The summed E-state index contributed by atoms with van der Waals surface area (Å²) in [6, 6.07) is 6.01. The molecule has 0 spiro atoms. The highest BCUT2D eigenvalue weighted by Crippen LogP contribution is 2.21. The minimum absolute atomic E-state index is 0.816. The van der Waals surface area contributed by atoms with Gasteiger partial charge in [-0.1, -0.05) is 18.5 Å². The third-order valence-corrected chi connectivity index (χ3v) is 3.85. The number of thiophene rings is 1. The molecule has 18 heavy (non-hydrogen) atoms. The molecule has 0 amide bonds. The van der Waals surface area contributed by atoms with E-state index >= 15 is 0 Å². The molecule has 0 bridgehead atoms. The van der Waals surface area contributed by atoms with Crippen molar-refractivity contribution in [1.29, 1.82) is 0 Å². The Morgan fingerprint density at radius 1 is 1.33 bits per heavy atom. The maximum absolute atomic E-state index is 5.89. The molecule has 0 saturated carbocycles. The van der Waals surface area contributed by atoms with Crippen molar-refractivity contribution >= 4 is 28.8 Å². The molecule has 0 radical (unpaired) electrons. The van der Waals surface area contributed by atoms with Crippen molar-refractivity contribution in [3.8, 4) is 0 Å². The first-order chi connectivity index (χ1) is 8.67. The molecular weight excluding hydrogens is 266 g/mol. The summed E-state index contributed by atoms with van der Waals surface area (Å²) in [4.78, 5) is 10.0. The Bertz CT molecular complexity index is 525. The SMILES string of the molecule is CCc1cc(NCCc2ccc(Cl)s2)nc(C)n1. The van der Waals surface area contributed by atoms with E-state index in [0.29, 0.717) is 0 Å². The summed E-state index contributed by atoms with van der Waals surface area (Å²) in [5.41, 5.74) is 1.07. The van der Waals surface area contributed by atoms with Crippen molar-refractivity contribution < 1.29 is 0 Å². The van der Waals surface area contributed by atoms with E-state index in [1.54, 1.807) is 11.3 Å². The van der Waals surface area contributed by atoms with Crippen molar-refractivity contribution in [2.24, 2.45) is 0 Å². The molecule has 0 aliphatic carbocycles. The van der Waals surface area contributed by atoms with Crippen LogP contribution in [0.4, 0.5) is 5.82 Å². The maximum atomic E-state index is 5.89. The highest BCUT2D eigenvalue weighted by molar-refractivity contribution is 7.16. The molecule has 0 fully saturated rings. The van der Waals surface area contributed by atoms with E-state index in [2.05, 4.69) is 28.3 Å². The molecule has 0 saturated heterocycles. The van der Waals surface area contributed by atoms with Gasteiger partial charge in [0, 0.05) is 23.2 Å². The lowest BCUT2D eigenvalue weighted by molar-refractivity contribution is 0.935.